The summed E-state index contributed by atoms with van der Waals surface area (Å²) >= 11 is 3.39. The third kappa shape index (κ3) is 3.55. The molecule has 1 aromatic carbocycles. The number of ether oxygens (including phenoxy) is 1. The molecule has 4 heteroatoms. The van der Waals surface area contributed by atoms with Gasteiger partial charge in [-0.05, 0) is 43.7 Å². The first-order valence-electron chi connectivity index (χ1n) is 6.08. The number of hydrogen-bond donors (Lipinski definition) is 1. The number of aliphatic hydroxyl groups excluding tert-OH is 1. The first-order chi connectivity index (χ1) is 9.08. The van der Waals surface area contributed by atoms with E-state index in [1.807, 2.05) is 37.3 Å². The summed E-state index contributed by atoms with van der Waals surface area (Å²) in [6.45, 7) is 4.12. The van der Waals surface area contributed by atoms with Gasteiger partial charge in [-0.2, -0.15) is 0 Å². The molecule has 0 radical (unpaired) electrons. The van der Waals surface area contributed by atoms with Crippen molar-refractivity contribution in [3.8, 4) is 5.75 Å². The number of pyridine rings is 1. The van der Waals surface area contributed by atoms with Crippen molar-refractivity contribution in [1.29, 1.82) is 0 Å². The average Bonchev–Trinajstić information content (AvgIpc) is 2.38. The third-order valence-corrected chi connectivity index (χ3v) is 3.40. The zero-order valence-electron chi connectivity index (χ0n) is 10.9. The molecular weight excluding hydrogens is 306 g/mol. The summed E-state index contributed by atoms with van der Waals surface area (Å²) in [4.78, 5) is 4.29. The third-order valence-electron chi connectivity index (χ3n) is 2.90. The highest BCUT2D eigenvalue weighted by molar-refractivity contribution is 9.10. The molecule has 2 rings (SSSR count). The van der Waals surface area contributed by atoms with Gasteiger partial charge in [-0.15, -0.1) is 0 Å². The highest BCUT2D eigenvalue weighted by Crippen LogP contribution is 2.29. The molecule has 0 aliphatic carbocycles. The van der Waals surface area contributed by atoms with Gasteiger partial charge in [0.05, 0.1) is 11.8 Å². The van der Waals surface area contributed by atoms with Crippen LogP contribution < -0.4 is 4.74 Å². The molecule has 0 bridgehead atoms. The standard InChI is InChI=1S/C15H16BrNO2/c1-10-4-3-7-17-14(10)9-19-15-6-5-12(16)8-13(15)11(2)18/h3-8,11,18H,9H2,1-2H3/t11-/m0/s1. The first-order valence-corrected chi connectivity index (χ1v) is 6.88. The quantitative estimate of drug-likeness (QED) is 0.931. The van der Waals surface area contributed by atoms with Gasteiger partial charge in [0.15, 0.2) is 0 Å². The summed E-state index contributed by atoms with van der Waals surface area (Å²) < 4.78 is 6.70. The van der Waals surface area contributed by atoms with Crippen LogP contribution in [-0.2, 0) is 6.61 Å². The SMILES string of the molecule is Cc1cccnc1COc1ccc(Br)cc1[C@H](C)O. The fraction of sp³-hybridized carbons (Fsp3) is 0.267. The molecule has 1 N–H and O–H groups in total. The summed E-state index contributed by atoms with van der Waals surface area (Å²) in [5.41, 5.74) is 2.77. The molecule has 0 aliphatic heterocycles. The van der Waals surface area contributed by atoms with E-state index in [9.17, 15) is 5.11 Å². The van der Waals surface area contributed by atoms with Crippen molar-refractivity contribution in [2.45, 2.75) is 26.6 Å². The van der Waals surface area contributed by atoms with Crippen molar-refractivity contribution in [1.82, 2.24) is 4.98 Å². The van der Waals surface area contributed by atoms with Crippen molar-refractivity contribution < 1.29 is 9.84 Å². The van der Waals surface area contributed by atoms with E-state index in [1.54, 1.807) is 13.1 Å². The largest absolute Gasteiger partial charge is 0.487 e. The lowest BCUT2D eigenvalue weighted by molar-refractivity contribution is 0.189. The summed E-state index contributed by atoms with van der Waals surface area (Å²) in [5.74, 6) is 0.684. The maximum atomic E-state index is 9.76. The molecule has 0 amide bonds. The number of nitrogens with zero attached hydrogens (tertiary/aromatic N) is 1. The van der Waals surface area contributed by atoms with Gasteiger partial charge < -0.3 is 9.84 Å². The second-order valence-corrected chi connectivity index (χ2v) is 5.33. The average molecular weight is 322 g/mol. The Morgan fingerprint density at radius 1 is 1.37 bits per heavy atom. The fourth-order valence-electron chi connectivity index (χ4n) is 1.79. The molecule has 0 fully saturated rings. The smallest absolute Gasteiger partial charge is 0.130 e. The normalized spacial score (nSPS) is 12.2. The minimum atomic E-state index is -0.572. The van der Waals surface area contributed by atoms with E-state index in [4.69, 9.17) is 4.74 Å². The van der Waals surface area contributed by atoms with Gasteiger partial charge in [-0.3, -0.25) is 4.98 Å². The molecule has 0 spiro atoms. The molecular formula is C15H16BrNO2. The summed E-state index contributed by atoms with van der Waals surface area (Å²) in [6.07, 6.45) is 1.18. The molecule has 0 saturated heterocycles. The summed E-state index contributed by atoms with van der Waals surface area (Å²) in [7, 11) is 0. The summed E-state index contributed by atoms with van der Waals surface area (Å²) in [6, 6.07) is 9.52. The van der Waals surface area contributed by atoms with E-state index < -0.39 is 6.10 Å². The number of aliphatic hydroxyl groups is 1. The molecule has 1 heterocycles. The molecule has 1 aromatic heterocycles. The minimum Gasteiger partial charge on any atom is -0.487 e. The molecule has 0 aliphatic rings. The van der Waals surface area contributed by atoms with Crippen molar-refractivity contribution >= 4 is 15.9 Å². The Kier molecular flexibility index (Phi) is 4.56. The summed E-state index contributed by atoms with van der Waals surface area (Å²) in [5, 5.41) is 9.76. The van der Waals surface area contributed by atoms with Crippen LogP contribution in [0.15, 0.2) is 41.0 Å². The molecule has 3 nitrogen and oxygen atoms in total. The molecule has 0 saturated carbocycles. The Labute approximate surface area is 121 Å². The molecule has 1 atom stereocenters. The van der Waals surface area contributed by atoms with E-state index in [-0.39, 0.29) is 0 Å². The number of aryl methyl sites for hydroxylation is 1. The predicted octanol–water partition coefficient (Wildman–Crippen LogP) is 3.78. The van der Waals surface area contributed by atoms with E-state index in [1.165, 1.54) is 0 Å². The number of rotatable bonds is 4. The van der Waals surface area contributed by atoms with E-state index >= 15 is 0 Å². The lowest BCUT2D eigenvalue weighted by atomic mass is 10.1. The van der Waals surface area contributed by atoms with Crippen molar-refractivity contribution in [3.05, 3.63) is 57.8 Å². The van der Waals surface area contributed by atoms with Gasteiger partial charge in [0.1, 0.15) is 12.4 Å². The highest BCUT2D eigenvalue weighted by atomic mass is 79.9. The maximum Gasteiger partial charge on any atom is 0.130 e. The second-order valence-electron chi connectivity index (χ2n) is 4.41. The van der Waals surface area contributed by atoms with E-state index in [2.05, 4.69) is 20.9 Å². The topological polar surface area (TPSA) is 42.4 Å². The zero-order valence-corrected chi connectivity index (χ0v) is 12.5. The maximum absolute atomic E-state index is 9.76. The Bertz CT molecular complexity index is 570. The van der Waals surface area contributed by atoms with Crippen LogP contribution in [0.1, 0.15) is 29.8 Å². The van der Waals surface area contributed by atoms with Crippen molar-refractivity contribution in [2.75, 3.05) is 0 Å². The van der Waals surface area contributed by atoms with Gasteiger partial charge >= 0.3 is 0 Å². The fourth-order valence-corrected chi connectivity index (χ4v) is 2.17. The van der Waals surface area contributed by atoms with Crippen LogP contribution >= 0.6 is 15.9 Å². The monoisotopic (exact) mass is 321 g/mol. The lowest BCUT2D eigenvalue weighted by Gasteiger charge is -2.14. The van der Waals surface area contributed by atoms with Crippen LogP contribution in [0.4, 0.5) is 0 Å². The Morgan fingerprint density at radius 3 is 2.84 bits per heavy atom. The van der Waals surface area contributed by atoms with Crippen LogP contribution in [0, 0.1) is 6.92 Å². The molecule has 2 aromatic rings. The Hall–Kier alpha value is -1.39. The van der Waals surface area contributed by atoms with Gasteiger partial charge in [0.2, 0.25) is 0 Å². The Morgan fingerprint density at radius 2 is 2.16 bits per heavy atom. The van der Waals surface area contributed by atoms with E-state index in [0.717, 1.165) is 21.3 Å². The molecule has 0 unspecified atom stereocenters. The second kappa shape index (κ2) is 6.17. The predicted molar refractivity (Wildman–Crippen MR) is 78.1 cm³/mol. The minimum absolute atomic E-state index is 0.397. The van der Waals surface area contributed by atoms with Gasteiger partial charge in [0, 0.05) is 16.2 Å². The van der Waals surface area contributed by atoms with Gasteiger partial charge in [-0.25, -0.2) is 0 Å². The number of benzene rings is 1. The first kappa shape index (κ1) is 14.0. The molecule has 19 heavy (non-hydrogen) atoms. The highest BCUT2D eigenvalue weighted by Gasteiger charge is 2.10. The van der Waals surface area contributed by atoms with Gasteiger partial charge in [0.25, 0.3) is 0 Å². The van der Waals surface area contributed by atoms with Gasteiger partial charge in [-0.1, -0.05) is 22.0 Å². The zero-order chi connectivity index (χ0) is 13.8. The van der Waals surface area contributed by atoms with Crippen LogP contribution in [0.25, 0.3) is 0 Å². The molecule has 100 valence electrons. The Balaban J connectivity index is 2.18. The van der Waals surface area contributed by atoms with Crippen LogP contribution in [-0.4, -0.2) is 10.1 Å². The number of hydrogen-bond acceptors (Lipinski definition) is 3. The number of aromatic nitrogens is 1. The lowest BCUT2D eigenvalue weighted by Crippen LogP contribution is -2.03. The van der Waals surface area contributed by atoms with Crippen molar-refractivity contribution in [3.63, 3.8) is 0 Å². The van der Waals surface area contributed by atoms with Crippen LogP contribution in [0.2, 0.25) is 0 Å². The van der Waals surface area contributed by atoms with Crippen LogP contribution in [0.3, 0.4) is 0 Å². The van der Waals surface area contributed by atoms with Crippen LogP contribution in [0.5, 0.6) is 5.75 Å². The van der Waals surface area contributed by atoms with E-state index in [0.29, 0.717) is 12.4 Å². The van der Waals surface area contributed by atoms with Crippen molar-refractivity contribution in [2.24, 2.45) is 0 Å². The number of halogens is 1.